The number of aromatic nitrogens is 2. The van der Waals surface area contributed by atoms with Gasteiger partial charge in [-0.25, -0.2) is 0 Å². The first-order valence-electron chi connectivity index (χ1n) is 9.78. The maximum atomic E-state index is 6.14. The Morgan fingerprint density at radius 2 is 1.45 bits per heavy atom. The fourth-order valence-corrected chi connectivity index (χ4v) is 2.74. The van der Waals surface area contributed by atoms with E-state index < -0.39 is 0 Å². The number of hydrogen-bond donors (Lipinski definition) is 0. The van der Waals surface area contributed by atoms with Crippen LogP contribution in [0.15, 0.2) is 60.8 Å². The normalized spacial score (nSPS) is 11.7. The van der Waals surface area contributed by atoms with Gasteiger partial charge >= 0.3 is 7.48 Å². The fraction of sp³-hybridized carbons (Fsp3) is 0.292. The smallest absolute Gasteiger partial charge is 0.309 e. The van der Waals surface area contributed by atoms with E-state index in [2.05, 4.69) is 90.3 Å². The maximum Gasteiger partial charge on any atom is 0.309 e. The molecule has 0 aliphatic rings. The van der Waals surface area contributed by atoms with Crippen LogP contribution in [0.1, 0.15) is 38.8 Å². The average molecular weight is 402 g/mol. The molecule has 3 nitrogen and oxygen atoms in total. The molecule has 0 saturated heterocycles. The van der Waals surface area contributed by atoms with E-state index in [1.54, 1.807) is 6.20 Å². The summed E-state index contributed by atoms with van der Waals surface area (Å²) in [5, 5.41) is 4.22. The molecule has 3 rings (SSSR count). The van der Waals surface area contributed by atoms with Gasteiger partial charge in [0.2, 0.25) is 0 Å². The predicted molar refractivity (Wildman–Crippen MR) is 127 cm³/mol. The minimum Gasteiger partial charge on any atom is -0.429 e. The van der Waals surface area contributed by atoms with E-state index in [1.165, 1.54) is 0 Å². The highest BCUT2D eigenvalue weighted by atomic mass is 31.0. The molecule has 5 heteroatoms. The SMILES string of the molecule is Cn1nccc1-c1ccc(C#Cc2ccc(BOC(C)(C)C(C)(C)P)cc2)cc1. The Balaban J connectivity index is 1.63. The van der Waals surface area contributed by atoms with Crippen LogP contribution in [0.2, 0.25) is 0 Å². The van der Waals surface area contributed by atoms with Gasteiger partial charge in [0.1, 0.15) is 0 Å². The molecule has 29 heavy (non-hydrogen) atoms. The molecule has 0 saturated carbocycles. The van der Waals surface area contributed by atoms with Gasteiger partial charge in [-0.05, 0) is 49.7 Å². The van der Waals surface area contributed by atoms with E-state index in [-0.39, 0.29) is 10.8 Å². The molecule has 0 radical (unpaired) electrons. The molecule has 2 aromatic carbocycles. The summed E-state index contributed by atoms with van der Waals surface area (Å²) >= 11 is 0. The van der Waals surface area contributed by atoms with Crippen molar-refractivity contribution in [1.82, 2.24) is 9.78 Å². The zero-order valence-corrected chi connectivity index (χ0v) is 19.0. The Bertz CT molecular complexity index is 1020. The molecule has 0 fully saturated rings. The highest BCUT2D eigenvalue weighted by molar-refractivity contribution is 7.19. The van der Waals surface area contributed by atoms with Crippen LogP contribution in [0, 0.1) is 11.8 Å². The van der Waals surface area contributed by atoms with Crippen LogP contribution in [0.25, 0.3) is 11.3 Å². The lowest BCUT2D eigenvalue weighted by molar-refractivity contribution is 0.0841. The maximum absolute atomic E-state index is 6.14. The molecular formula is C24H28BN2OP. The quantitative estimate of drug-likeness (QED) is 0.368. The monoisotopic (exact) mass is 402 g/mol. The molecule has 0 spiro atoms. The molecule has 0 N–H and O–H groups in total. The van der Waals surface area contributed by atoms with Crippen molar-refractivity contribution in [2.75, 3.05) is 0 Å². The Morgan fingerprint density at radius 3 is 1.93 bits per heavy atom. The molecule has 1 heterocycles. The Labute approximate surface area is 177 Å². The van der Waals surface area contributed by atoms with E-state index in [9.17, 15) is 0 Å². The molecule has 1 atom stereocenters. The van der Waals surface area contributed by atoms with E-state index in [0.717, 1.165) is 27.8 Å². The molecular weight excluding hydrogens is 374 g/mol. The van der Waals surface area contributed by atoms with Crippen molar-refractivity contribution in [3.63, 3.8) is 0 Å². The van der Waals surface area contributed by atoms with E-state index in [4.69, 9.17) is 4.65 Å². The highest BCUT2D eigenvalue weighted by Gasteiger charge is 2.33. The van der Waals surface area contributed by atoms with Crippen molar-refractivity contribution in [3.8, 4) is 23.1 Å². The summed E-state index contributed by atoms with van der Waals surface area (Å²) in [6, 6.07) is 18.5. The van der Waals surface area contributed by atoms with Crippen molar-refractivity contribution in [1.29, 1.82) is 0 Å². The van der Waals surface area contributed by atoms with Crippen LogP contribution < -0.4 is 5.46 Å². The standard InChI is InChI=1S/C24H28BN2OP/c1-23(2,24(3,4)29)28-25-21-14-10-19(11-15-21)7-6-18-8-12-20(13-9-18)22-16-17-26-27(22)5/h8-17,25H,29H2,1-5H3. The lowest BCUT2D eigenvalue weighted by Gasteiger charge is -2.39. The van der Waals surface area contributed by atoms with Crippen LogP contribution in [-0.4, -0.2) is 28.0 Å². The molecule has 0 aliphatic heterocycles. The van der Waals surface area contributed by atoms with Crippen molar-refractivity contribution in [2.45, 2.75) is 38.5 Å². The van der Waals surface area contributed by atoms with Crippen molar-refractivity contribution >= 4 is 22.2 Å². The fourth-order valence-electron chi connectivity index (χ4n) is 2.66. The molecule has 3 aromatic rings. The third-order valence-corrected chi connectivity index (χ3v) is 6.15. The van der Waals surface area contributed by atoms with Gasteiger partial charge in [-0.1, -0.05) is 55.4 Å². The third kappa shape index (κ3) is 5.38. The second-order valence-corrected chi connectivity index (χ2v) is 9.83. The summed E-state index contributed by atoms with van der Waals surface area (Å²) in [6.45, 7) is 8.58. The van der Waals surface area contributed by atoms with Gasteiger partial charge in [0.15, 0.2) is 0 Å². The molecule has 0 aliphatic carbocycles. The second-order valence-electron chi connectivity index (χ2n) is 8.39. The summed E-state index contributed by atoms with van der Waals surface area (Å²) < 4.78 is 8.00. The van der Waals surface area contributed by atoms with E-state index >= 15 is 0 Å². The van der Waals surface area contributed by atoms with Crippen LogP contribution in [-0.2, 0) is 11.7 Å². The summed E-state index contributed by atoms with van der Waals surface area (Å²) in [4.78, 5) is 0. The van der Waals surface area contributed by atoms with Crippen molar-refractivity contribution < 1.29 is 4.65 Å². The molecule has 0 bridgehead atoms. The second kappa shape index (κ2) is 8.58. The van der Waals surface area contributed by atoms with Gasteiger partial charge in [0.05, 0.1) is 11.3 Å². The number of nitrogens with zero attached hydrogens (tertiary/aromatic N) is 2. The minimum absolute atomic E-state index is 0.00467. The van der Waals surface area contributed by atoms with Crippen molar-refractivity contribution in [2.24, 2.45) is 7.05 Å². The van der Waals surface area contributed by atoms with E-state index in [0.29, 0.717) is 7.48 Å². The van der Waals surface area contributed by atoms with Gasteiger partial charge in [0, 0.05) is 29.5 Å². The summed E-state index contributed by atoms with van der Waals surface area (Å²) in [5.41, 5.74) is 5.14. The van der Waals surface area contributed by atoms with Crippen LogP contribution in [0.5, 0.6) is 0 Å². The lowest BCUT2D eigenvalue weighted by Crippen LogP contribution is -2.45. The first kappa shape index (κ1) is 21.4. The van der Waals surface area contributed by atoms with Gasteiger partial charge < -0.3 is 4.65 Å². The van der Waals surface area contributed by atoms with Gasteiger partial charge in [-0.15, -0.1) is 9.24 Å². The van der Waals surface area contributed by atoms with Crippen LogP contribution in [0.4, 0.5) is 0 Å². The van der Waals surface area contributed by atoms with Gasteiger partial charge in [-0.3, -0.25) is 4.68 Å². The topological polar surface area (TPSA) is 27.1 Å². The Kier molecular flexibility index (Phi) is 6.32. The first-order valence-corrected chi connectivity index (χ1v) is 10.4. The summed E-state index contributed by atoms with van der Waals surface area (Å²) in [7, 11) is 5.40. The Hall–Kier alpha value is -2.34. The largest absolute Gasteiger partial charge is 0.429 e. The zero-order valence-electron chi connectivity index (χ0n) is 17.9. The molecule has 1 unspecified atom stereocenters. The number of aryl methyl sites for hydroxylation is 1. The molecule has 0 amide bonds. The lowest BCUT2D eigenvalue weighted by atomic mass is 9.83. The van der Waals surface area contributed by atoms with Gasteiger partial charge in [-0.2, -0.15) is 5.10 Å². The Morgan fingerprint density at radius 1 is 0.897 bits per heavy atom. The minimum atomic E-state index is -0.224. The first-order chi connectivity index (χ1) is 13.7. The van der Waals surface area contributed by atoms with E-state index in [1.807, 2.05) is 29.9 Å². The van der Waals surface area contributed by atoms with Crippen LogP contribution in [0.3, 0.4) is 0 Å². The summed E-state index contributed by atoms with van der Waals surface area (Å²) in [5.74, 6) is 6.48. The summed E-state index contributed by atoms with van der Waals surface area (Å²) in [6.07, 6.45) is 1.81. The van der Waals surface area contributed by atoms with Crippen LogP contribution >= 0.6 is 9.24 Å². The number of rotatable bonds is 5. The number of hydrogen-bond acceptors (Lipinski definition) is 2. The zero-order chi connectivity index (χ0) is 21.1. The van der Waals surface area contributed by atoms with Gasteiger partial charge in [0.25, 0.3) is 0 Å². The predicted octanol–water partition coefficient (Wildman–Crippen LogP) is 3.91. The number of benzene rings is 2. The average Bonchev–Trinajstić information content (AvgIpc) is 3.11. The van der Waals surface area contributed by atoms with Crippen molar-refractivity contribution in [3.05, 3.63) is 71.9 Å². The molecule has 148 valence electrons. The third-order valence-electron chi connectivity index (χ3n) is 5.46. The highest BCUT2D eigenvalue weighted by Crippen LogP contribution is 2.33. The molecule has 1 aromatic heterocycles.